The summed E-state index contributed by atoms with van der Waals surface area (Å²) in [5.74, 6) is 0. The maximum Gasteiger partial charge on any atom is 0.114 e. The van der Waals surface area contributed by atoms with Crippen molar-refractivity contribution in [2.24, 2.45) is 0 Å². The monoisotopic (exact) mass is 358 g/mol. The van der Waals surface area contributed by atoms with Crippen LogP contribution in [0.15, 0.2) is 12.2 Å². The number of ether oxygens (including phenoxy) is 2. The van der Waals surface area contributed by atoms with Crippen LogP contribution in [0.4, 0.5) is 0 Å². The minimum atomic E-state index is -1.00. The topological polar surface area (TPSA) is 79.2 Å². The van der Waals surface area contributed by atoms with E-state index in [2.05, 4.69) is 19.1 Å². The molecular weight excluding hydrogens is 320 g/mol. The molecule has 0 unspecified atom stereocenters. The third kappa shape index (κ3) is 9.71. The first-order valence-electron chi connectivity index (χ1n) is 10.1. The van der Waals surface area contributed by atoms with Crippen LogP contribution in [-0.4, -0.2) is 59.6 Å². The Kier molecular flexibility index (Phi) is 13.3. The zero-order valence-electron chi connectivity index (χ0n) is 15.8. The average molecular weight is 359 g/mol. The third-order valence-corrected chi connectivity index (χ3v) is 4.70. The van der Waals surface area contributed by atoms with Gasteiger partial charge >= 0.3 is 0 Å². The Balaban J connectivity index is 1.97. The maximum atomic E-state index is 9.84. The first kappa shape index (κ1) is 22.6. The van der Waals surface area contributed by atoms with Crippen molar-refractivity contribution < 1.29 is 24.8 Å². The van der Waals surface area contributed by atoms with Crippen LogP contribution in [-0.2, 0) is 9.47 Å². The molecule has 0 aromatic rings. The van der Waals surface area contributed by atoms with Crippen LogP contribution in [0.3, 0.4) is 0 Å². The molecule has 0 aromatic heterocycles. The lowest BCUT2D eigenvalue weighted by Crippen LogP contribution is -2.42. The largest absolute Gasteiger partial charge is 0.394 e. The number of hydrogen-bond donors (Lipinski definition) is 3. The second-order valence-corrected chi connectivity index (χ2v) is 6.97. The van der Waals surface area contributed by atoms with Gasteiger partial charge < -0.3 is 24.8 Å². The van der Waals surface area contributed by atoms with Gasteiger partial charge in [0, 0.05) is 6.61 Å². The van der Waals surface area contributed by atoms with Crippen LogP contribution in [0.1, 0.15) is 71.1 Å². The fourth-order valence-electron chi connectivity index (χ4n) is 3.12. The maximum absolute atomic E-state index is 9.84. The summed E-state index contributed by atoms with van der Waals surface area (Å²) >= 11 is 0. The van der Waals surface area contributed by atoms with E-state index >= 15 is 0 Å². The summed E-state index contributed by atoms with van der Waals surface area (Å²) in [5, 5.41) is 28.5. The molecule has 1 fully saturated rings. The predicted molar refractivity (Wildman–Crippen MR) is 99.6 cm³/mol. The molecule has 3 N–H and O–H groups in total. The number of allylic oxidation sites excluding steroid dienone is 2. The quantitative estimate of drug-likeness (QED) is 0.310. The van der Waals surface area contributed by atoms with Crippen molar-refractivity contribution >= 4 is 0 Å². The van der Waals surface area contributed by atoms with Gasteiger partial charge in [-0.1, -0.05) is 51.2 Å². The molecule has 5 nitrogen and oxygen atoms in total. The highest BCUT2D eigenvalue weighted by molar-refractivity contribution is 4.89. The standard InChI is InChI=1S/C20H38O5/c1-2-3-4-5-6-7-8-9-10-11-12-13-14-24-20-18(23)16-25-19(20)17(22)15-21/h7-8,17-23H,2-6,9-16H2,1H3/b8-7+/t17-,18+,19+,20+/m0/s1. The minimum absolute atomic E-state index is 0.150. The van der Waals surface area contributed by atoms with E-state index in [1.165, 1.54) is 44.9 Å². The second kappa shape index (κ2) is 14.7. The first-order chi connectivity index (χ1) is 12.2. The van der Waals surface area contributed by atoms with E-state index in [1.807, 2.05) is 0 Å². The normalized spacial score (nSPS) is 25.0. The van der Waals surface area contributed by atoms with E-state index in [4.69, 9.17) is 14.6 Å². The fourth-order valence-corrected chi connectivity index (χ4v) is 3.12. The molecule has 0 aromatic carbocycles. The van der Waals surface area contributed by atoms with Crippen molar-refractivity contribution in [3.63, 3.8) is 0 Å². The van der Waals surface area contributed by atoms with Gasteiger partial charge in [0.2, 0.25) is 0 Å². The van der Waals surface area contributed by atoms with E-state index in [-0.39, 0.29) is 13.2 Å². The number of aliphatic hydroxyl groups excluding tert-OH is 3. The van der Waals surface area contributed by atoms with Crippen molar-refractivity contribution in [2.75, 3.05) is 19.8 Å². The van der Waals surface area contributed by atoms with Gasteiger partial charge in [-0.2, -0.15) is 0 Å². The zero-order chi connectivity index (χ0) is 18.3. The summed E-state index contributed by atoms with van der Waals surface area (Å²) in [6.45, 7) is 2.55. The van der Waals surface area contributed by atoms with E-state index in [9.17, 15) is 10.2 Å². The molecule has 1 heterocycles. The highest BCUT2D eigenvalue weighted by Gasteiger charge is 2.40. The third-order valence-electron chi connectivity index (χ3n) is 4.70. The fraction of sp³-hybridized carbons (Fsp3) is 0.900. The average Bonchev–Trinajstić information content (AvgIpc) is 2.99. The Labute approximate surface area is 153 Å². The molecule has 0 radical (unpaired) electrons. The van der Waals surface area contributed by atoms with Crippen LogP contribution in [0, 0.1) is 0 Å². The summed E-state index contributed by atoms with van der Waals surface area (Å²) in [4.78, 5) is 0. The number of unbranched alkanes of at least 4 members (excludes halogenated alkanes) is 8. The molecule has 0 saturated carbocycles. The lowest BCUT2D eigenvalue weighted by molar-refractivity contribution is -0.0938. The first-order valence-corrected chi connectivity index (χ1v) is 10.1. The summed E-state index contributed by atoms with van der Waals surface area (Å²) in [5.41, 5.74) is 0. The lowest BCUT2D eigenvalue weighted by Gasteiger charge is -2.23. The van der Waals surface area contributed by atoms with E-state index in [0.29, 0.717) is 6.61 Å². The molecule has 1 aliphatic rings. The smallest absolute Gasteiger partial charge is 0.114 e. The van der Waals surface area contributed by atoms with Crippen molar-refractivity contribution in [1.82, 2.24) is 0 Å². The highest BCUT2D eigenvalue weighted by Crippen LogP contribution is 2.21. The molecule has 4 atom stereocenters. The van der Waals surface area contributed by atoms with Crippen LogP contribution in [0.5, 0.6) is 0 Å². The Morgan fingerprint density at radius 1 is 1.04 bits per heavy atom. The van der Waals surface area contributed by atoms with Gasteiger partial charge in [0.05, 0.1) is 13.2 Å². The SMILES string of the molecule is CCCCCC/C=C/CCCCCCO[C@H]1[C@@H]([C@@H](O)CO)OC[C@H]1O. The van der Waals surface area contributed by atoms with Gasteiger partial charge in [0.1, 0.15) is 24.4 Å². The molecule has 25 heavy (non-hydrogen) atoms. The summed E-state index contributed by atoms with van der Waals surface area (Å²) in [6, 6.07) is 0. The summed E-state index contributed by atoms with van der Waals surface area (Å²) in [7, 11) is 0. The second-order valence-electron chi connectivity index (χ2n) is 6.97. The van der Waals surface area contributed by atoms with Crippen molar-refractivity contribution in [1.29, 1.82) is 0 Å². The van der Waals surface area contributed by atoms with Crippen LogP contribution < -0.4 is 0 Å². The Morgan fingerprint density at radius 3 is 2.32 bits per heavy atom. The molecule has 148 valence electrons. The Hall–Kier alpha value is -0.460. The summed E-state index contributed by atoms with van der Waals surface area (Å²) < 4.78 is 11.0. The number of aliphatic hydroxyl groups is 3. The summed E-state index contributed by atoms with van der Waals surface area (Å²) in [6.07, 6.45) is 13.8. The van der Waals surface area contributed by atoms with Gasteiger partial charge in [-0.15, -0.1) is 0 Å². The van der Waals surface area contributed by atoms with Crippen molar-refractivity contribution in [3.05, 3.63) is 12.2 Å². The predicted octanol–water partition coefficient (Wildman–Crippen LogP) is 2.96. The molecule has 1 rings (SSSR count). The van der Waals surface area contributed by atoms with Crippen molar-refractivity contribution in [2.45, 2.75) is 95.5 Å². The molecule has 0 amide bonds. The molecular formula is C20H38O5. The molecule has 1 aliphatic heterocycles. The van der Waals surface area contributed by atoms with E-state index in [0.717, 1.165) is 19.3 Å². The molecule has 0 bridgehead atoms. The van der Waals surface area contributed by atoms with Crippen LogP contribution >= 0.6 is 0 Å². The molecule has 5 heteroatoms. The molecule has 0 spiro atoms. The minimum Gasteiger partial charge on any atom is -0.394 e. The molecule has 0 aliphatic carbocycles. The van der Waals surface area contributed by atoms with Gasteiger partial charge in [-0.3, -0.25) is 0 Å². The Morgan fingerprint density at radius 2 is 1.68 bits per heavy atom. The van der Waals surface area contributed by atoms with Gasteiger partial charge in [0.25, 0.3) is 0 Å². The van der Waals surface area contributed by atoms with Gasteiger partial charge in [0.15, 0.2) is 0 Å². The Bertz CT molecular complexity index is 334. The lowest BCUT2D eigenvalue weighted by atomic mass is 10.1. The number of hydrogen-bond acceptors (Lipinski definition) is 5. The zero-order valence-corrected chi connectivity index (χ0v) is 15.8. The van der Waals surface area contributed by atoms with E-state index < -0.39 is 24.4 Å². The van der Waals surface area contributed by atoms with Crippen molar-refractivity contribution in [3.8, 4) is 0 Å². The molecule has 1 saturated heterocycles. The van der Waals surface area contributed by atoms with E-state index in [1.54, 1.807) is 0 Å². The highest BCUT2D eigenvalue weighted by atomic mass is 16.6. The number of rotatable bonds is 15. The van der Waals surface area contributed by atoms with Crippen LogP contribution in [0.25, 0.3) is 0 Å². The van der Waals surface area contributed by atoms with Gasteiger partial charge in [-0.05, 0) is 32.1 Å². The van der Waals surface area contributed by atoms with Crippen LogP contribution in [0.2, 0.25) is 0 Å². The van der Waals surface area contributed by atoms with Gasteiger partial charge in [-0.25, -0.2) is 0 Å².